The second kappa shape index (κ2) is 12.5. The summed E-state index contributed by atoms with van der Waals surface area (Å²) >= 11 is 0. The summed E-state index contributed by atoms with van der Waals surface area (Å²) in [4.78, 5) is 10.7. The molecule has 0 amide bonds. The average Bonchev–Trinajstić information content (AvgIpc) is 2.75. The van der Waals surface area contributed by atoms with E-state index in [-0.39, 0.29) is 12.0 Å². The van der Waals surface area contributed by atoms with E-state index in [1.807, 2.05) is 0 Å². The van der Waals surface area contributed by atoms with Gasteiger partial charge < -0.3 is 14.6 Å². The highest BCUT2D eigenvalue weighted by Crippen LogP contribution is 2.44. The van der Waals surface area contributed by atoms with E-state index in [1.165, 1.54) is 12.0 Å². The van der Waals surface area contributed by atoms with E-state index in [2.05, 4.69) is 45.9 Å². The second-order valence-corrected chi connectivity index (χ2v) is 9.14. The number of aliphatic carboxylic acids is 1. The Labute approximate surface area is 193 Å². The molecule has 1 N–H and O–H groups in total. The molecule has 1 aromatic carbocycles. The first-order valence-corrected chi connectivity index (χ1v) is 12.0. The minimum atomic E-state index is -0.758. The molecule has 0 bridgehead atoms. The van der Waals surface area contributed by atoms with Crippen LogP contribution in [-0.2, 0) is 11.2 Å². The van der Waals surface area contributed by atoms with Crippen LogP contribution in [0.1, 0.15) is 93.4 Å². The Kier molecular flexibility index (Phi) is 10.1. The highest BCUT2D eigenvalue weighted by molar-refractivity contribution is 5.66. The van der Waals surface area contributed by atoms with E-state index < -0.39 is 5.97 Å². The minimum Gasteiger partial charge on any atom is -0.493 e. The number of nitrogens with zero attached hydrogens (tertiary/aromatic N) is 1. The lowest BCUT2D eigenvalue weighted by atomic mass is 9.86. The molecular formula is C27H39NO4. The van der Waals surface area contributed by atoms with Crippen molar-refractivity contribution in [1.29, 1.82) is 5.26 Å². The van der Waals surface area contributed by atoms with Crippen LogP contribution in [0.4, 0.5) is 0 Å². The molecule has 1 atom stereocenters. The summed E-state index contributed by atoms with van der Waals surface area (Å²) in [5.41, 5.74) is 4.31. The van der Waals surface area contributed by atoms with Gasteiger partial charge in [0.1, 0.15) is 17.1 Å². The fourth-order valence-corrected chi connectivity index (χ4v) is 4.29. The topological polar surface area (TPSA) is 79.5 Å². The van der Waals surface area contributed by atoms with E-state index in [1.54, 1.807) is 0 Å². The highest BCUT2D eigenvalue weighted by Gasteiger charge is 2.32. The van der Waals surface area contributed by atoms with Gasteiger partial charge in [0.2, 0.25) is 0 Å². The zero-order chi connectivity index (χ0) is 23.6. The third kappa shape index (κ3) is 7.29. The number of benzene rings is 1. The molecule has 5 nitrogen and oxygen atoms in total. The molecule has 5 heteroatoms. The van der Waals surface area contributed by atoms with E-state index >= 15 is 0 Å². The minimum absolute atomic E-state index is 0.186. The number of allylic oxidation sites excluding steroid dienone is 1. The monoisotopic (exact) mass is 441 g/mol. The zero-order valence-electron chi connectivity index (χ0n) is 20.3. The molecule has 0 fully saturated rings. The first kappa shape index (κ1) is 25.8. The second-order valence-electron chi connectivity index (χ2n) is 9.14. The van der Waals surface area contributed by atoms with Crippen molar-refractivity contribution >= 4 is 5.97 Å². The number of unbranched alkanes of at least 4 members (excludes halogenated alkanes) is 6. The summed E-state index contributed by atoms with van der Waals surface area (Å²) in [5, 5.41) is 17.4. The van der Waals surface area contributed by atoms with Crippen LogP contribution < -0.4 is 9.47 Å². The molecule has 0 radical (unpaired) electrons. The molecule has 1 unspecified atom stereocenters. The van der Waals surface area contributed by atoms with Gasteiger partial charge in [-0.3, -0.25) is 4.79 Å². The van der Waals surface area contributed by atoms with Crippen LogP contribution in [0.3, 0.4) is 0 Å². The fraction of sp³-hybridized carbons (Fsp3) is 0.630. The van der Waals surface area contributed by atoms with Crippen molar-refractivity contribution in [2.75, 3.05) is 6.61 Å². The highest BCUT2D eigenvalue weighted by atomic mass is 16.5. The number of carboxylic acids is 1. The molecule has 0 spiro atoms. The molecule has 1 aromatic rings. The third-order valence-corrected chi connectivity index (χ3v) is 6.43. The maximum Gasteiger partial charge on any atom is 0.303 e. The lowest BCUT2D eigenvalue weighted by Gasteiger charge is -2.36. The van der Waals surface area contributed by atoms with Crippen molar-refractivity contribution in [2.45, 2.75) is 104 Å². The number of hydrogen-bond donors (Lipinski definition) is 1. The van der Waals surface area contributed by atoms with Crippen molar-refractivity contribution in [3.63, 3.8) is 0 Å². The Hall–Kier alpha value is -2.48. The summed E-state index contributed by atoms with van der Waals surface area (Å²) in [6.45, 7) is 8.97. The molecule has 176 valence electrons. The van der Waals surface area contributed by atoms with E-state index in [0.717, 1.165) is 73.1 Å². The van der Waals surface area contributed by atoms with Crippen LogP contribution in [0.15, 0.2) is 12.2 Å². The standard InChI is InChI=1S/C27H39NO4/c1-20-21(2)26-23(22(3)25(20)31-19-13-10-14-24(29)30)15-17-27(4,32-26)16-11-8-6-5-7-9-12-18-28/h11,16H,5-10,12-15,17,19H2,1-4H3,(H,29,30)/b16-11+. The quantitative estimate of drug-likeness (QED) is 0.270. The van der Waals surface area contributed by atoms with Crippen LogP contribution >= 0.6 is 0 Å². The number of rotatable bonds is 13. The molecule has 32 heavy (non-hydrogen) atoms. The van der Waals surface area contributed by atoms with Gasteiger partial charge in [0, 0.05) is 18.4 Å². The van der Waals surface area contributed by atoms with Crippen LogP contribution in [0, 0.1) is 32.1 Å². The third-order valence-electron chi connectivity index (χ3n) is 6.43. The van der Waals surface area contributed by atoms with Gasteiger partial charge in [0.05, 0.1) is 12.7 Å². The Bertz CT molecular complexity index is 852. The Morgan fingerprint density at radius 1 is 1.12 bits per heavy atom. The van der Waals surface area contributed by atoms with Gasteiger partial charge in [0.15, 0.2) is 0 Å². The van der Waals surface area contributed by atoms with Gasteiger partial charge >= 0.3 is 5.97 Å². The number of carbonyl (C=O) groups is 1. The van der Waals surface area contributed by atoms with Gasteiger partial charge in [-0.25, -0.2) is 0 Å². The summed E-state index contributed by atoms with van der Waals surface area (Å²) in [5.74, 6) is 1.16. The van der Waals surface area contributed by atoms with Gasteiger partial charge in [-0.1, -0.05) is 18.9 Å². The molecule has 0 saturated heterocycles. The molecule has 1 aliphatic rings. The Morgan fingerprint density at radius 3 is 2.59 bits per heavy atom. The first-order valence-electron chi connectivity index (χ1n) is 12.0. The number of nitriles is 1. The maximum atomic E-state index is 10.7. The molecule has 0 aromatic heterocycles. The van der Waals surface area contributed by atoms with Crippen molar-refractivity contribution in [3.05, 3.63) is 34.4 Å². The van der Waals surface area contributed by atoms with Crippen LogP contribution in [0.25, 0.3) is 0 Å². The van der Waals surface area contributed by atoms with Gasteiger partial charge in [0.25, 0.3) is 0 Å². The molecule has 1 aliphatic heterocycles. The SMILES string of the molecule is Cc1c(C)c2c(c(C)c1OCCCCC(=O)O)CCC(C)(/C=C/CCCCCCC#N)O2. The van der Waals surface area contributed by atoms with Gasteiger partial charge in [-0.05, 0) is 95.4 Å². The van der Waals surface area contributed by atoms with Crippen molar-refractivity contribution in [2.24, 2.45) is 0 Å². The predicted molar refractivity (Wildman–Crippen MR) is 127 cm³/mol. The Morgan fingerprint density at radius 2 is 1.88 bits per heavy atom. The van der Waals surface area contributed by atoms with Crippen molar-refractivity contribution < 1.29 is 19.4 Å². The van der Waals surface area contributed by atoms with Gasteiger partial charge in [-0.2, -0.15) is 5.26 Å². The summed E-state index contributed by atoms with van der Waals surface area (Å²) in [7, 11) is 0. The number of fused-ring (bicyclic) bond motifs is 1. The number of carboxylic acid groups (broad SMARTS) is 1. The van der Waals surface area contributed by atoms with E-state index in [0.29, 0.717) is 19.4 Å². The maximum absolute atomic E-state index is 10.7. The zero-order valence-corrected chi connectivity index (χ0v) is 20.3. The predicted octanol–water partition coefficient (Wildman–Crippen LogP) is 6.75. The lowest BCUT2D eigenvalue weighted by Crippen LogP contribution is -2.35. The van der Waals surface area contributed by atoms with Crippen molar-refractivity contribution in [3.8, 4) is 17.6 Å². The molecular weight excluding hydrogens is 402 g/mol. The summed E-state index contributed by atoms with van der Waals surface area (Å²) in [6.07, 6.45) is 14.1. The fourth-order valence-electron chi connectivity index (χ4n) is 4.29. The Balaban J connectivity index is 1.98. The van der Waals surface area contributed by atoms with Crippen LogP contribution in [0.2, 0.25) is 0 Å². The number of ether oxygens (including phenoxy) is 2. The van der Waals surface area contributed by atoms with E-state index in [9.17, 15) is 4.79 Å². The average molecular weight is 442 g/mol. The largest absolute Gasteiger partial charge is 0.493 e. The number of hydrogen-bond acceptors (Lipinski definition) is 4. The smallest absolute Gasteiger partial charge is 0.303 e. The first-order chi connectivity index (χ1) is 15.3. The molecule has 1 heterocycles. The lowest BCUT2D eigenvalue weighted by molar-refractivity contribution is -0.137. The molecule has 0 saturated carbocycles. The molecule has 2 rings (SSSR count). The van der Waals surface area contributed by atoms with Crippen LogP contribution in [-0.4, -0.2) is 23.3 Å². The van der Waals surface area contributed by atoms with Gasteiger partial charge in [-0.15, -0.1) is 0 Å². The van der Waals surface area contributed by atoms with E-state index in [4.69, 9.17) is 19.8 Å². The summed E-state index contributed by atoms with van der Waals surface area (Å²) < 4.78 is 12.6. The van der Waals surface area contributed by atoms with Crippen molar-refractivity contribution in [1.82, 2.24) is 0 Å². The summed E-state index contributed by atoms with van der Waals surface area (Å²) in [6, 6.07) is 2.20. The normalized spacial score (nSPS) is 17.6. The molecule has 0 aliphatic carbocycles. The van der Waals surface area contributed by atoms with Crippen LogP contribution in [0.5, 0.6) is 11.5 Å².